The van der Waals surface area contributed by atoms with Crippen molar-refractivity contribution in [3.63, 3.8) is 0 Å². The average molecular weight is 532 g/mol. The zero-order chi connectivity index (χ0) is 26.8. The van der Waals surface area contributed by atoms with Crippen molar-refractivity contribution in [3.05, 3.63) is 52.5 Å². The Morgan fingerprint density at radius 2 is 1.62 bits per heavy atom. The number of carbonyl (C=O) groups excluding carboxylic acids is 3. The summed E-state index contributed by atoms with van der Waals surface area (Å²) in [5, 5.41) is 0.402. The first-order valence-corrected chi connectivity index (χ1v) is 13.1. The predicted molar refractivity (Wildman–Crippen MR) is 140 cm³/mol. The van der Waals surface area contributed by atoms with Crippen LogP contribution >= 0.6 is 11.6 Å². The van der Waals surface area contributed by atoms with Gasteiger partial charge in [0, 0.05) is 12.0 Å². The summed E-state index contributed by atoms with van der Waals surface area (Å²) in [6.45, 7) is 6.43. The molecular formula is C28H34ClNO7. The lowest BCUT2D eigenvalue weighted by atomic mass is 9.99. The van der Waals surface area contributed by atoms with Crippen LogP contribution in [0.15, 0.2) is 36.4 Å². The molecule has 9 heteroatoms. The first-order valence-electron chi connectivity index (χ1n) is 12.8. The zero-order valence-corrected chi connectivity index (χ0v) is 22.3. The van der Waals surface area contributed by atoms with Crippen molar-refractivity contribution in [1.82, 2.24) is 4.90 Å². The van der Waals surface area contributed by atoms with E-state index in [2.05, 4.69) is 0 Å². The lowest BCUT2D eigenvalue weighted by molar-refractivity contribution is 0.0525. The molecule has 0 spiro atoms. The van der Waals surface area contributed by atoms with Gasteiger partial charge < -0.3 is 18.9 Å². The molecule has 1 aliphatic rings. The highest BCUT2D eigenvalue weighted by molar-refractivity contribution is 6.32. The van der Waals surface area contributed by atoms with Crippen LogP contribution < -0.4 is 4.74 Å². The van der Waals surface area contributed by atoms with Crippen LogP contribution in [0.1, 0.15) is 62.4 Å². The summed E-state index contributed by atoms with van der Waals surface area (Å²) in [6.07, 6.45) is 1.54. The maximum atomic E-state index is 12.7. The van der Waals surface area contributed by atoms with Gasteiger partial charge in [-0.1, -0.05) is 50.4 Å². The maximum Gasteiger partial charge on any atom is 0.419 e. The van der Waals surface area contributed by atoms with Gasteiger partial charge >= 0.3 is 18.2 Å². The van der Waals surface area contributed by atoms with Crippen LogP contribution in [-0.2, 0) is 20.6 Å². The van der Waals surface area contributed by atoms with Gasteiger partial charge in [0.1, 0.15) is 11.9 Å². The van der Waals surface area contributed by atoms with Crippen LogP contribution in [0.25, 0.3) is 11.1 Å². The molecule has 0 aromatic heterocycles. The molecule has 2 aromatic rings. The molecule has 0 saturated carbocycles. The molecule has 0 N–H and O–H groups in total. The highest BCUT2D eigenvalue weighted by Gasteiger charge is 2.33. The van der Waals surface area contributed by atoms with E-state index in [0.717, 1.165) is 34.4 Å². The molecule has 1 atom stereocenters. The Morgan fingerprint density at radius 3 is 2.24 bits per heavy atom. The molecule has 37 heavy (non-hydrogen) atoms. The van der Waals surface area contributed by atoms with Crippen LogP contribution in [0.4, 0.5) is 9.59 Å². The van der Waals surface area contributed by atoms with Gasteiger partial charge in [0.25, 0.3) is 0 Å². The van der Waals surface area contributed by atoms with Gasteiger partial charge in [-0.25, -0.2) is 19.3 Å². The SMILES string of the molecule is CCCCOC(=O)N(CC1Cc2cc(-c3cccc(C(=O)OCC)c3)cc(Cl)c2O1)C(=O)OCCCC. The molecule has 0 aliphatic carbocycles. The Kier molecular flexibility index (Phi) is 10.6. The van der Waals surface area contributed by atoms with Gasteiger partial charge in [-0.15, -0.1) is 0 Å². The van der Waals surface area contributed by atoms with Crippen molar-refractivity contribution in [2.24, 2.45) is 0 Å². The predicted octanol–water partition coefficient (Wildman–Crippen LogP) is 6.66. The summed E-state index contributed by atoms with van der Waals surface area (Å²) in [5.41, 5.74) is 2.91. The maximum absolute atomic E-state index is 12.7. The third-order valence-electron chi connectivity index (χ3n) is 5.83. The molecule has 0 radical (unpaired) electrons. The number of amides is 2. The minimum Gasteiger partial charge on any atom is -0.486 e. The number of carbonyl (C=O) groups is 3. The van der Waals surface area contributed by atoms with Crippen molar-refractivity contribution >= 4 is 29.8 Å². The molecule has 1 aliphatic heterocycles. The van der Waals surface area contributed by atoms with E-state index in [4.69, 9.17) is 30.5 Å². The minimum atomic E-state index is -0.753. The molecule has 200 valence electrons. The molecular weight excluding hydrogens is 498 g/mol. The van der Waals surface area contributed by atoms with Crippen LogP contribution in [0, 0.1) is 0 Å². The number of imide groups is 1. The van der Waals surface area contributed by atoms with E-state index < -0.39 is 24.3 Å². The molecule has 1 heterocycles. The summed E-state index contributed by atoms with van der Waals surface area (Å²) in [7, 11) is 0. The first kappa shape index (κ1) is 28.3. The summed E-state index contributed by atoms with van der Waals surface area (Å²) < 4.78 is 21.7. The number of fused-ring (bicyclic) bond motifs is 1. The lowest BCUT2D eigenvalue weighted by Crippen LogP contribution is -2.44. The summed E-state index contributed by atoms with van der Waals surface area (Å²) in [5.74, 6) is 0.118. The summed E-state index contributed by atoms with van der Waals surface area (Å²) >= 11 is 6.56. The van der Waals surface area contributed by atoms with Crippen molar-refractivity contribution in [3.8, 4) is 16.9 Å². The van der Waals surface area contributed by atoms with Gasteiger partial charge in [-0.3, -0.25) is 0 Å². The van der Waals surface area contributed by atoms with Gasteiger partial charge in [0.15, 0.2) is 0 Å². The van der Waals surface area contributed by atoms with E-state index in [1.165, 1.54) is 0 Å². The number of nitrogens with zero attached hydrogens (tertiary/aromatic N) is 1. The first-order chi connectivity index (χ1) is 17.9. The van der Waals surface area contributed by atoms with Crippen molar-refractivity contribution in [1.29, 1.82) is 0 Å². The van der Waals surface area contributed by atoms with E-state index in [1.54, 1.807) is 31.2 Å². The molecule has 0 saturated heterocycles. The highest BCUT2D eigenvalue weighted by Crippen LogP contribution is 2.40. The molecule has 0 bridgehead atoms. The molecule has 2 aromatic carbocycles. The minimum absolute atomic E-state index is 0.0331. The van der Waals surface area contributed by atoms with Gasteiger partial charge in [-0.2, -0.15) is 0 Å². The Morgan fingerprint density at radius 1 is 0.946 bits per heavy atom. The lowest BCUT2D eigenvalue weighted by Gasteiger charge is -2.23. The molecule has 3 rings (SSSR count). The number of unbranched alkanes of at least 4 members (excludes halogenated alkanes) is 2. The van der Waals surface area contributed by atoms with Crippen LogP contribution in [0.3, 0.4) is 0 Å². The Labute approximate surface area is 222 Å². The largest absolute Gasteiger partial charge is 0.486 e. The quantitative estimate of drug-likeness (QED) is 0.182. The Hall–Kier alpha value is -3.26. The second kappa shape index (κ2) is 13.9. The average Bonchev–Trinajstić information content (AvgIpc) is 3.31. The van der Waals surface area contributed by atoms with E-state index in [0.29, 0.717) is 42.2 Å². The van der Waals surface area contributed by atoms with Crippen LogP contribution in [0.2, 0.25) is 5.02 Å². The van der Waals surface area contributed by atoms with E-state index in [-0.39, 0.29) is 19.8 Å². The van der Waals surface area contributed by atoms with Gasteiger partial charge in [0.2, 0.25) is 0 Å². The number of benzene rings is 2. The van der Waals surface area contributed by atoms with Crippen molar-refractivity contribution in [2.45, 2.75) is 59.0 Å². The highest BCUT2D eigenvalue weighted by atomic mass is 35.5. The number of esters is 1. The fourth-order valence-corrected chi connectivity index (χ4v) is 4.17. The smallest absolute Gasteiger partial charge is 0.419 e. The second-order valence-corrected chi connectivity index (χ2v) is 9.15. The molecule has 2 amide bonds. The van der Waals surface area contributed by atoms with Crippen LogP contribution in [0.5, 0.6) is 5.75 Å². The third-order valence-corrected chi connectivity index (χ3v) is 6.11. The summed E-state index contributed by atoms with van der Waals surface area (Å²) in [4.78, 5) is 38.5. The third kappa shape index (κ3) is 7.61. The Balaban J connectivity index is 1.76. The van der Waals surface area contributed by atoms with Crippen LogP contribution in [-0.4, -0.2) is 55.5 Å². The fourth-order valence-electron chi connectivity index (χ4n) is 3.89. The topological polar surface area (TPSA) is 91.4 Å². The number of hydrogen-bond donors (Lipinski definition) is 0. The van der Waals surface area contributed by atoms with E-state index >= 15 is 0 Å². The fraction of sp³-hybridized carbons (Fsp3) is 0.464. The molecule has 0 fully saturated rings. The molecule has 8 nitrogen and oxygen atoms in total. The van der Waals surface area contributed by atoms with Gasteiger partial charge in [0.05, 0.1) is 37.0 Å². The van der Waals surface area contributed by atoms with E-state index in [1.807, 2.05) is 26.0 Å². The number of rotatable bonds is 11. The standard InChI is InChI=1S/C28H34ClNO7/c1-4-7-12-35-27(32)30(28(33)36-13-8-5-2)18-23-16-22-15-21(17-24(29)25(22)37-23)19-10-9-11-20(14-19)26(31)34-6-3/h9-11,14-15,17,23H,4-8,12-13,16,18H2,1-3H3. The van der Waals surface area contributed by atoms with Crippen molar-refractivity contribution < 1.29 is 33.3 Å². The second-order valence-electron chi connectivity index (χ2n) is 8.74. The Bertz CT molecular complexity index is 1080. The van der Waals surface area contributed by atoms with Gasteiger partial charge in [-0.05, 0) is 55.2 Å². The zero-order valence-electron chi connectivity index (χ0n) is 21.6. The monoisotopic (exact) mass is 531 g/mol. The van der Waals surface area contributed by atoms with E-state index in [9.17, 15) is 14.4 Å². The van der Waals surface area contributed by atoms with Crippen molar-refractivity contribution in [2.75, 3.05) is 26.4 Å². The molecule has 1 unspecified atom stereocenters. The normalized spacial score (nSPS) is 13.9. The number of halogens is 1. The number of hydrogen-bond acceptors (Lipinski definition) is 7. The number of ether oxygens (including phenoxy) is 4. The summed E-state index contributed by atoms with van der Waals surface area (Å²) in [6, 6.07) is 10.8.